The van der Waals surface area contributed by atoms with Crippen LogP contribution in [0.25, 0.3) is 11.3 Å². The van der Waals surface area contributed by atoms with Crippen molar-refractivity contribution >= 4 is 40.3 Å². The molecular weight excluding hydrogens is 439 g/mol. The summed E-state index contributed by atoms with van der Waals surface area (Å²) in [6.45, 7) is 0. The maximum Gasteiger partial charge on any atom is 0.336 e. The lowest BCUT2D eigenvalue weighted by Crippen LogP contribution is -2.24. The summed E-state index contributed by atoms with van der Waals surface area (Å²) in [6.07, 6.45) is 0.726. The minimum Gasteiger partial charge on any atom is -0.478 e. The number of carboxylic acids is 1. The van der Waals surface area contributed by atoms with Gasteiger partial charge < -0.3 is 5.11 Å². The number of halogens is 4. The molecule has 3 aromatic rings. The Kier molecular flexibility index (Phi) is 5.25. The van der Waals surface area contributed by atoms with Crippen LogP contribution in [0.3, 0.4) is 0 Å². The van der Waals surface area contributed by atoms with Crippen molar-refractivity contribution in [2.75, 3.05) is 5.01 Å². The fourth-order valence-electron chi connectivity index (χ4n) is 2.83. The Hall–Kier alpha value is -2.91. The first-order valence-electron chi connectivity index (χ1n) is 8.70. The number of benzene rings is 2. The summed E-state index contributed by atoms with van der Waals surface area (Å²) < 4.78 is 41.0. The van der Waals surface area contributed by atoms with Crippen LogP contribution in [0, 0.1) is 5.82 Å². The minimum atomic E-state index is -2.93. The van der Waals surface area contributed by atoms with Crippen LogP contribution in [0.2, 0.25) is 5.02 Å². The summed E-state index contributed by atoms with van der Waals surface area (Å²) >= 11 is 7.12. The summed E-state index contributed by atoms with van der Waals surface area (Å²) in [5.74, 6) is -5.00. The van der Waals surface area contributed by atoms with Gasteiger partial charge in [0.15, 0.2) is 0 Å². The molecule has 1 atom stereocenters. The standard InChI is InChI=1S/C20H13ClF3N3O2S/c21-13-3-1-2-11(6-13)16-10-30-19(26-16)27(17-8-20(17,23)24)25-9-12-4-5-14(22)7-15(12)18(28)29/h1-7,9-10,17H,8H2,(H,28,29)/b25-9+. The Morgan fingerprint density at radius 1 is 1.33 bits per heavy atom. The normalized spacial score (nSPS) is 17.3. The third-order valence-electron chi connectivity index (χ3n) is 4.46. The van der Waals surface area contributed by atoms with Gasteiger partial charge in [-0.25, -0.2) is 28.0 Å². The fourth-order valence-corrected chi connectivity index (χ4v) is 3.86. The predicted molar refractivity (Wildman–Crippen MR) is 109 cm³/mol. The summed E-state index contributed by atoms with van der Waals surface area (Å²) in [6, 6.07) is 8.92. The second-order valence-corrected chi connectivity index (χ2v) is 7.91. The van der Waals surface area contributed by atoms with E-state index >= 15 is 0 Å². The van der Waals surface area contributed by atoms with Gasteiger partial charge in [0.1, 0.15) is 11.9 Å². The van der Waals surface area contributed by atoms with Crippen LogP contribution in [0.5, 0.6) is 0 Å². The molecule has 1 unspecified atom stereocenters. The lowest BCUT2D eigenvalue weighted by molar-refractivity contribution is 0.0696. The van der Waals surface area contributed by atoms with Crippen molar-refractivity contribution in [3.05, 3.63) is 69.8 Å². The highest BCUT2D eigenvalue weighted by Gasteiger charge is 2.61. The van der Waals surface area contributed by atoms with Crippen LogP contribution in [-0.4, -0.2) is 34.2 Å². The molecule has 5 nitrogen and oxygen atoms in total. The fraction of sp³-hybridized carbons (Fsp3) is 0.150. The highest BCUT2D eigenvalue weighted by molar-refractivity contribution is 7.14. The van der Waals surface area contributed by atoms with Crippen LogP contribution >= 0.6 is 22.9 Å². The van der Waals surface area contributed by atoms with E-state index in [2.05, 4.69) is 10.1 Å². The first kappa shape index (κ1) is 20.4. The molecule has 4 rings (SSSR count). The molecule has 2 aromatic carbocycles. The Morgan fingerprint density at radius 2 is 2.10 bits per heavy atom. The number of nitrogens with zero attached hydrogens (tertiary/aromatic N) is 3. The zero-order chi connectivity index (χ0) is 21.5. The average molecular weight is 452 g/mol. The largest absolute Gasteiger partial charge is 0.478 e. The molecule has 0 amide bonds. The van der Waals surface area contributed by atoms with Gasteiger partial charge in [-0.15, -0.1) is 11.3 Å². The number of thiazole rings is 1. The Morgan fingerprint density at radius 3 is 2.77 bits per heavy atom. The van der Waals surface area contributed by atoms with Gasteiger partial charge in [0.05, 0.1) is 17.5 Å². The first-order chi connectivity index (χ1) is 14.2. The van der Waals surface area contributed by atoms with Gasteiger partial charge in [-0.1, -0.05) is 23.7 Å². The van der Waals surface area contributed by atoms with Gasteiger partial charge in [0, 0.05) is 28.0 Å². The Labute approximate surface area is 178 Å². The second kappa shape index (κ2) is 7.73. The van der Waals surface area contributed by atoms with Crippen molar-refractivity contribution in [3.63, 3.8) is 0 Å². The molecule has 0 bridgehead atoms. The molecule has 0 radical (unpaired) electrons. The number of carbonyl (C=O) groups is 1. The van der Waals surface area contributed by atoms with Crippen LogP contribution in [0.15, 0.2) is 52.9 Å². The number of hydrogen-bond donors (Lipinski definition) is 1. The molecule has 30 heavy (non-hydrogen) atoms. The molecule has 1 aromatic heterocycles. The number of alkyl halides is 2. The number of carboxylic acid groups (broad SMARTS) is 1. The van der Waals surface area contributed by atoms with Gasteiger partial charge in [-0.3, -0.25) is 0 Å². The van der Waals surface area contributed by atoms with E-state index in [1.54, 1.807) is 29.6 Å². The minimum absolute atomic E-state index is 0.0875. The van der Waals surface area contributed by atoms with Crippen LogP contribution in [0.4, 0.5) is 18.3 Å². The number of anilines is 1. The summed E-state index contributed by atoms with van der Waals surface area (Å²) in [5, 5.41) is 16.8. The van der Waals surface area contributed by atoms with E-state index in [1.807, 2.05) is 0 Å². The molecule has 154 valence electrons. The smallest absolute Gasteiger partial charge is 0.336 e. The molecule has 1 N–H and O–H groups in total. The number of rotatable bonds is 6. The van der Waals surface area contributed by atoms with Crippen molar-refractivity contribution in [3.8, 4) is 11.3 Å². The molecule has 1 heterocycles. The number of aromatic nitrogens is 1. The van der Waals surface area contributed by atoms with Crippen molar-refractivity contribution in [2.45, 2.75) is 18.4 Å². The van der Waals surface area contributed by atoms with Gasteiger partial charge in [-0.05, 0) is 30.3 Å². The molecule has 1 aliphatic rings. The van der Waals surface area contributed by atoms with E-state index in [9.17, 15) is 23.1 Å². The molecule has 0 aliphatic heterocycles. The molecule has 1 saturated carbocycles. The monoisotopic (exact) mass is 451 g/mol. The van der Waals surface area contributed by atoms with Crippen molar-refractivity contribution in [2.24, 2.45) is 5.10 Å². The van der Waals surface area contributed by atoms with Crippen LogP contribution < -0.4 is 5.01 Å². The number of hydrazone groups is 1. The highest BCUT2D eigenvalue weighted by atomic mass is 35.5. The zero-order valence-electron chi connectivity index (χ0n) is 15.1. The molecule has 0 saturated heterocycles. The maximum absolute atomic E-state index is 13.8. The quantitative estimate of drug-likeness (QED) is 0.394. The van der Waals surface area contributed by atoms with Crippen molar-refractivity contribution in [1.82, 2.24) is 4.98 Å². The van der Waals surface area contributed by atoms with Gasteiger partial charge in [0.2, 0.25) is 5.13 Å². The van der Waals surface area contributed by atoms with Crippen LogP contribution in [-0.2, 0) is 0 Å². The van der Waals surface area contributed by atoms with Gasteiger partial charge in [0.25, 0.3) is 5.92 Å². The molecule has 0 spiro atoms. The van der Waals surface area contributed by atoms with E-state index in [0.29, 0.717) is 10.7 Å². The van der Waals surface area contributed by atoms with Gasteiger partial charge in [-0.2, -0.15) is 5.10 Å². The predicted octanol–water partition coefficient (Wildman–Crippen LogP) is 5.55. The van der Waals surface area contributed by atoms with Crippen molar-refractivity contribution < 1.29 is 23.1 Å². The number of aromatic carboxylic acids is 1. The molecule has 1 aliphatic carbocycles. The molecule has 10 heteroatoms. The van der Waals surface area contributed by atoms with E-state index in [4.69, 9.17) is 11.6 Å². The third-order valence-corrected chi connectivity index (χ3v) is 5.53. The van der Waals surface area contributed by atoms with E-state index < -0.39 is 30.2 Å². The number of hydrogen-bond acceptors (Lipinski definition) is 5. The zero-order valence-corrected chi connectivity index (χ0v) is 16.7. The van der Waals surface area contributed by atoms with Crippen LogP contribution in [0.1, 0.15) is 22.3 Å². The Balaban J connectivity index is 1.68. The highest BCUT2D eigenvalue weighted by Crippen LogP contribution is 2.48. The molecular formula is C20H13ClF3N3O2S. The van der Waals surface area contributed by atoms with Crippen molar-refractivity contribution in [1.29, 1.82) is 0 Å². The topological polar surface area (TPSA) is 65.8 Å². The van der Waals surface area contributed by atoms with E-state index in [0.717, 1.165) is 40.3 Å². The SMILES string of the molecule is O=C(O)c1cc(F)ccc1/C=N/N(c1nc(-c2cccc(Cl)c2)cs1)C1CC1(F)F. The summed E-state index contributed by atoms with van der Waals surface area (Å²) in [5.41, 5.74) is 1.04. The third kappa shape index (κ3) is 4.17. The summed E-state index contributed by atoms with van der Waals surface area (Å²) in [4.78, 5) is 15.7. The van der Waals surface area contributed by atoms with Gasteiger partial charge >= 0.3 is 5.97 Å². The lowest BCUT2D eigenvalue weighted by atomic mass is 10.1. The Bertz CT molecular complexity index is 1150. The van der Waals surface area contributed by atoms with E-state index in [1.165, 1.54) is 6.07 Å². The molecule has 1 fully saturated rings. The van der Waals surface area contributed by atoms with E-state index in [-0.39, 0.29) is 16.3 Å². The second-order valence-electron chi connectivity index (χ2n) is 6.63. The maximum atomic E-state index is 13.8. The average Bonchev–Trinajstić information content (AvgIpc) is 3.10. The summed E-state index contributed by atoms with van der Waals surface area (Å²) in [7, 11) is 0. The first-order valence-corrected chi connectivity index (χ1v) is 9.96. The lowest BCUT2D eigenvalue weighted by Gasteiger charge is -2.15.